The molecule has 0 saturated heterocycles. The Balaban J connectivity index is 1.51. The molecule has 2 aliphatic rings. The maximum atomic E-state index is 13.5. The summed E-state index contributed by atoms with van der Waals surface area (Å²) in [5.74, 6) is 1.33. The Labute approximate surface area is 203 Å². The smallest absolute Gasteiger partial charge is 0.264 e. The summed E-state index contributed by atoms with van der Waals surface area (Å²) >= 11 is 8.02. The minimum atomic E-state index is -3.96. The molecule has 0 radical (unpaired) electrons. The van der Waals surface area contributed by atoms with Crippen molar-refractivity contribution in [2.75, 3.05) is 30.3 Å². The average Bonchev–Trinajstić information content (AvgIpc) is 3.34. The van der Waals surface area contributed by atoms with Gasteiger partial charge in [0.15, 0.2) is 6.10 Å². The number of thioether (sulfide) groups is 1. The second-order valence-corrected chi connectivity index (χ2v) is 11.7. The molecule has 1 unspecified atom stereocenters. The van der Waals surface area contributed by atoms with Gasteiger partial charge in [0.05, 0.1) is 24.2 Å². The van der Waals surface area contributed by atoms with Gasteiger partial charge in [-0.15, -0.1) is 0 Å². The van der Waals surface area contributed by atoms with E-state index in [1.165, 1.54) is 55.3 Å². The van der Waals surface area contributed by atoms with Crippen LogP contribution in [0.4, 0.5) is 5.69 Å². The average molecular weight is 511 g/mol. The highest BCUT2D eigenvalue weighted by molar-refractivity contribution is 7.99. The van der Waals surface area contributed by atoms with Crippen LogP contribution < -0.4 is 19.1 Å². The number of ether oxygens (including phenoxy) is 2. The number of amides is 1. The van der Waals surface area contributed by atoms with E-state index in [1.54, 1.807) is 24.3 Å². The van der Waals surface area contributed by atoms with Crippen molar-refractivity contribution in [3.63, 3.8) is 0 Å². The van der Waals surface area contributed by atoms with E-state index in [4.69, 9.17) is 21.1 Å². The number of carbonyl (C=O) groups is 1. The lowest BCUT2D eigenvalue weighted by molar-refractivity contribution is -0.127. The van der Waals surface area contributed by atoms with Crippen molar-refractivity contribution in [3.05, 3.63) is 47.5 Å². The zero-order valence-corrected chi connectivity index (χ0v) is 20.7. The number of hydrogen-bond donors (Lipinski definition) is 1. The van der Waals surface area contributed by atoms with Crippen LogP contribution in [-0.4, -0.2) is 51.6 Å². The Morgan fingerprint density at radius 1 is 1.21 bits per heavy atom. The molecule has 1 amide bonds. The van der Waals surface area contributed by atoms with Crippen LogP contribution in [0.25, 0.3) is 0 Å². The highest BCUT2D eigenvalue weighted by Gasteiger charge is 2.37. The maximum Gasteiger partial charge on any atom is 0.264 e. The molecule has 1 atom stereocenters. The maximum absolute atomic E-state index is 13.5. The van der Waals surface area contributed by atoms with Crippen molar-refractivity contribution in [2.24, 2.45) is 0 Å². The van der Waals surface area contributed by atoms with Crippen molar-refractivity contribution >= 4 is 45.0 Å². The summed E-state index contributed by atoms with van der Waals surface area (Å²) in [5.41, 5.74) is 0.305. The molecule has 178 valence electrons. The summed E-state index contributed by atoms with van der Waals surface area (Å²) in [6.45, 7) is 0.363. The Bertz CT molecular complexity index is 1090. The van der Waals surface area contributed by atoms with Crippen LogP contribution in [0.1, 0.15) is 25.7 Å². The fourth-order valence-electron chi connectivity index (χ4n) is 4.03. The van der Waals surface area contributed by atoms with Crippen LogP contribution in [0.15, 0.2) is 47.4 Å². The zero-order valence-electron chi connectivity index (χ0n) is 18.3. The van der Waals surface area contributed by atoms with E-state index in [9.17, 15) is 13.2 Å². The summed E-state index contributed by atoms with van der Waals surface area (Å²) in [4.78, 5) is 12.9. The zero-order chi connectivity index (χ0) is 23.4. The Hall–Kier alpha value is -2.10. The van der Waals surface area contributed by atoms with Gasteiger partial charge >= 0.3 is 0 Å². The van der Waals surface area contributed by atoms with Gasteiger partial charge in [-0.05, 0) is 55.3 Å². The van der Waals surface area contributed by atoms with Crippen LogP contribution >= 0.6 is 23.4 Å². The van der Waals surface area contributed by atoms with Gasteiger partial charge < -0.3 is 14.8 Å². The second kappa shape index (κ2) is 10.4. The van der Waals surface area contributed by atoms with Crippen LogP contribution in [0.5, 0.6) is 11.5 Å². The number of halogens is 1. The SMILES string of the molecule is COc1ccc(S(=O)(=O)N2CC(C(=O)NCCSC3CCCC3)Oc3ccc(Cl)cc32)cc1. The van der Waals surface area contributed by atoms with Gasteiger partial charge in [0, 0.05) is 22.6 Å². The Morgan fingerprint density at radius 3 is 2.64 bits per heavy atom. The number of rotatable bonds is 8. The van der Waals surface area contributed by atoms with E-state index >= 15 is 0 Å². The number of sulfonamides is 1. The molecular formula is C23H27ClN2O5S2. The second-order valence-electron chi connectivity index (χ2n) is 8.00. The normalized spacial score (nSPS) is 18.5. The van der Waals surface area contributed by atoms with Crippen molar-refractivity contribution in [1.82, 2.24) is 5.32 Å². The van der Waals surface area contributed by atoms with E-state index in [2.05, 4.69) is 5.32 Å². The van der Waals surface area contributed by atoms with Crippen LogP contribution in [0.3, 0.4) is 0 Å². The third kappa shape index (κ3) is 5.53. The minimum Gasteiger partial charge on any atom is -0.497 e. The predicted molar refractivity (Wildman–Crippen MR) is 131 cm³/mol. The largest absolute Gasteiger partial charge is 0.497 e. The first-order valence-electron chi connectivity index (χ1n) is 10.9. The lowest BCUT2D eigenvalue weighted by Gasteiger charge is -2.35. The van der Waals surface area contributed by atoms with Crippen molar-refractivity contribution in [1.29, 1.82) is 0 Å². The number of nitrogens with zero attached hydrogens (tertiary/aromatic N) is 1. The first-order chi connectivity index (χ1) is 15.9. The van der Waals surface area contributed by atoms with Crippen molar-refractivity contribution in [3.8, 4) is 11.5 Å². The van der Waals surface area contributed by atoms with Crippen molar-refractivity contribution in [2.45, 2.75) is 41.9 Å². The quantitative estimate of drug-likeness (QED) is 0.538. The molecule has 0 bridgehead atoms. The van der Waals surface area contributed by atoms with Crippen LogP contribution in [0, 0.1) is 0 Å². The summed E-state index contributed by atoms with van der Waals surface area (Å²) < 4.78 is 39.2. The Kier molecular flexibility index (Phi) is 7.61. The number of anilines is 1. The number of nitrogens with one attached hydrogen (secondary N) is 1. The molecule has 0 aromatic heterocycles. The molecule has 1 aliphatic heterocycles. The monoisotopic (exact) mass is 510 g/mol. The summed E-state index contributed by atoms with van der Waals surface area (Å²) in [7, 11) is -2.45. The molecule has 10 heteroatoms. The molecule has 1 fully saturated rings. The fraction of sp³-hybridized carbons (Fsp3) is 0.435. The van der Waals surface area contributed by atoms with Gasteiger partial charge in [-0.2, -0.15) is 11.8 Å². The summed E-state index contributed by atoms with van der Waals surface area (Å²) in [6, 6.07) is 10.8. The molecule has 1 aliphatic carbocycles. The van der Waals surface area contributed by atoms with E-state index in [1.807, 2.05) is 11.8 Å². The van der Waals surface area contributed by atoms with E-state index in [0.717, 1.165) is 5.75 Å². The molecule has 1 N–H and O–H groups in total. The lowest BCUT2D eigenvalue weighted by atomic mass is 10.2. The van der Waals surface area contributed by atoms with Gasteiger partial charge in [-0.25, -0.2) is 8.42 Å². The summed E-state index contributed by atoms with van der Waals surface area (Å²) in [6.07, 6.45) is 4.07. The van der Waals surface area contributed by atoms with Crippen LogP contribution in [0.2, 0.25) is 5.02 Å². The van der Waals surface area contributed by atoms with Gasteiger partial charge in [0.25, 0.3) is 15.9 Å². The van der Waals surface area contributed by atoms with Gasteiger partial charge in [-0.1, -0.05) is 24.4 Å². The first-order valence-corrected chi connectivity index (χ1v) is 13.8. The van der Waals surface area contributed by atoms with Gasteiger partial charge in [0.1, 0.15) is 11.5 Å². The van der Waals surface area contributed by atoms with Gasteiger partial charge in [0.2, 0.25) is 0 Å². The number of fused-ring (bicyclic) bond motifs is 1. The number of hydrogen-bond acceptors (Lipinski definition) is 6. The standard InChI is InChI=1S/C23H27ClN2O5S2/c1-30-17-7-9-19(10-8-17)33(28,29)26-15-22(31-21-11-6-16(24)14-20(21)26)23(27)25-12-13-32-18-4-2-3-5-18/h6-11,14,18,22H,2-5,12-13,15H2,1H3,(H,25,27). The third-order valence-electron chi connectivity index (χ3n) is 5.79. The van der Waals surface area contributed by atoms with E-state index < -0.39 is 16.1 Å². The molecule has 7 nitrogen and oxygen atoms in total. The molecule has 0 spiro atoms. The third-order valence-corrected chi connectivity index (χ3v) is 9.20. The molecule has 1 saturated carbocycles. The number of methoxy groups -OCH3 is 1. The van der Waals surface area contributed by atoms with Crippen LogP contribution in [-0.2, 0) is 14.8 Å². The van der Waals surface area contributed by atoms with Gasteiger partial charge in [-0.3, -0.25) is 9.10 Å². The van der Waals surface area contributed by atoms with E-state index in [-0.39, 0.29) is 17.3 Å². The minimum absolute atomic E-state index is 0.0863. The predicted octanol–water partition coefficient (Wildman–Crippen LogP) is 4.10. The number of benzene rings is 2. The molecule has 2 aromatic carbocycles. The molecule has 2 aromatic rings. The molecule has 1 heterocycles. The molecule has 33 heavy (non-hydrogen) atoms. The molecular weight excluding hydrogens is 484 g/mol. The fourth-order valence-corrected chi connectivity index (χ4v) is 6.89. The summed E-state index contributed by atoms with van der Waals surface area (Å²) in [5, 5.41) is 3.95. The highest BCUT2D eigenvalue weighted by atomic mass is 35.5. The Morgan fingerprint density at radius 2 is 1.94 bits per heavy atom. The highest BCUT2D eigenvalue weighted by Crippen LogP contribution is 2.39. The van der Waals surface area contributed by atoms with E-state index in [0.29, 0.717) is 34.0 Å². The lowest BCUT2D eigenvalue weighted by Crippen LogP contribution is -2.51. The number of carbonyl (C=O) groups excluding carboxylic acids is 1. The molecule has 4 rings (SSSR count). The van der Waals surface area contributed by atoms with Crippen molar-refractivity contribution < 1.29 is 22.7 Å². The first kappa shape index (κ1) is 24.0. The topological polar surface area (TPSA) is 84.9 Å².